The third-order valence-corrected chi connectivity index (χ3v) is 2.01. The highest BCUT2D eigenvalue weighted by Crippen LogP contribution is 2.06. The number of nitrogens with two attached hydrogens (primary N) is 1. The van der Waals surface area contributed by atoms with Gasteiger partial charge in [-0.25, -0.2) is 0 Å². The van der Waals surface area contributed by atoms with Gasteiger partial charge in [-0.2, -0.15) is 5.26 Å². The summed E-state index contributed by atoms with van der Waals surface area (Å²) in [5, 5.41) is 8.34. The van der Waals surface area contributed by atoms with Crippen LogP contribution < -0.4 is 5.73 Å². The maximum absolute atomic E-state index is 11.1. The molecule has 3 nitrogen and oxygen atoms in total. The molecule has 1 rings (SSSR count). The third-order valence-electron chi connectivity index (χ3n) is 2.01. The lowest BCUT2D eigenvalue weighted by molar-refractivity contribution is 0.1000. The smallest absolute Gasteiger partial charge is 0.249 e. The quantitative estimate of drug-likeness (QED) is 0.613. The summed E-state index contributed by atoms with van der Waals surface area (Å²) in [5.74, 6) is 5.35. The van der Waals surface area contributed by atoms with Crippen molar-refractivity contribution in [2.24, 2.45) is 5.73 Å². The molecular weight excluding hydrogens is 200 g/mol. The highest BCUT2D eigenvalue weighted by atomic mass is 16.1. The Balaban J connectivity index is 2.73. The summed E-state index contributed by atoms with van der Waals surface area (Å²) in [6, 6.07) is 9.03. The molecule has 2 N–H and O–H groups in total. The normalized spacial score (nSPS) is 8.69. The zero-order chi connectivity index (χ0) is 11.8. The minimum atomic E-state index is -0.470. The van der Waals surface area contributed by atoms with Crippen molar-refractivity contribution in [2.75, 3.05) is 0 Å². The highest BCUT2D eigenvalue weighted by Gasteiger charge is 2.03. The molecule has 1 aromatic carbocycles. The van der Waals surface area contributed by atoms with Gasteiger partial charge in [0.2, 0.25) is 5.91 Å². The van der Waals surface area contributed by atoms with Crippen LogP contribution in [0.25, 0.3) is 0 Å². The summed E-state index contributed by atoms with van der Waals surface area (Å²) >= 11 is 0. The van der Waals surface area contributed by atoms with Crippen molar-refractivity contribution >= 4 is 5.91 Å². The van der Waals surface area contributed by atoms with E-state index in [0.29, 0.717) is 24.0 Å². The predicted octanol–water partition coefficient (Wildman–Crippen LogP) is 1.83. The van der Waals surface area contributed by atoms with Crippen molar-refractivity contribution in [1.29, 1.82) is 5.26 Å². The molecule has 0 spiro atoms. The van der Waals surface area contributed by atoms with E-state index in [9.17, 15) is 4.79 Å². The molecule has 0 atom stereocenters. The van der Waals surface area contributed by atoms with Gasteiger partial charge in [0.15, 0.2) is 0 Å². The molecule has 0 bridgehead atoms. The molecule has 3 heteroatoms. The lowest BCUT2D eigenvalue weighted by Gasteiger charge is -1.97. The summed E-state index contributed by atoms with van der Waals surface area (Å²) in [5.41, 5.74) is 6.30. The van der Waals surface area contributed by atoms with Crippen LogP contribution in [0.4, 0.5) is 0 Å². The fraction of sp³-hybridized carbons (Fsp3) is 0.231. The van der Waals surface area contributed by atoms with Crippen LogP contribution in [0.1, 0.15) is 35.2 Å². The van der Waals surface area contributed by atoms with Crippen LogP contribution in [0.5, 0.6) is 0 Å². The molecule has 80 valence electrons. The Hall–Kier alpha value is -2.26. The number of hydrogen-bond acceptors (Lipinski definition) is 2. The molecule has 0 heterocycles. The van der Waals surface area contributed by atoms with Crippen LogP contribution >= 0.6 is 0 Å². The highest BCUT2D eigenvalue weighted by molar-refractivity contribution is 5.95. The number of nitriles is 1. The number of benzene rings is 1. The summed E-state index contributed by atoms with van der Waals surface area (Å²) in [4.78, 5) is 11.1. The molecule has 1 amide bonds. The van der Waals surface area contributed by atoms with Gasteiger partial charge in [0.05, 0.1) is 11.6 Å². The number of carbonyl (C=O) groups is 1. The van der Waals surface area contributed by atoms with Gasteiger partial charge in [0.25, 0.3) is 0 Å². The second-order valence-electron chi connectivity index (χ2n) is 3.22. The molecule has 16 heavy (non-hydrogen) atoms. The molecule has 0 aromatic heterocycles. The number of amides is 1. The van der Waals surface area contributed by atoms with Crippen molar-refractivity contribution in [3.63, 3.8) is 0 Å². The fourth-order valence-electron chi connectivity index (χ4n) is 1.22. The van der Waals surface area contributed by atoms with Crippen LogP contribution in [0.2, 0.25) is 0 Å². The van der Waals surface area contributed by atoms with Gasteiger partial charge in [-0.15, -0.1) is 0 Å². The lowest BCUT2D eigenvalue weighted by atomic mass is 10.1. The van der Waals surface area contributed by atoms with Crippen LogP contribution in [-0.2, 0) is 0 Å². The SMILES string of the molecule is N#CCCCC#Cc1ccccc1C(N)=O. The first-order valence-corrected chi connectivity index (χ1v) is 5.00. The summed E-state index contributed by atoms with van der Waals surface area (Å²) in [6.07, 6.45) is 1.91. The van der Waals surface area contributed by atoms with Gasteiger partial charge < -0.3 is 5.73 Å². The summed E-state index contributed by atoms with van der Waals surface area (Å²) in [7, 11) is 0. The molecule has 0 saturated carbocycles. The number of rotatable bonds is 3. The lowest BCUT2D eigenvalue weighted by Crippen LogP contribution is -2.12. The molecule has 0 radical (unpaired) electrons. The van der Waals surface area contributed by atoms with Crippen LogP contribution in [-0.4, -0.2) is 5.91 Å². The maximum atomic E-state index is 11.1. The molecule has 1 aromatic rings. The Bertz CT molecular complexity index is 475. The first-order valence-electron chi connectivity index (χ1n) is 5.00. The first-order chi connectivity index (χ1) is 7.75. The van der Waals surface area contributed by atoms with E-state index in [4.69, 9.17) is 11.0 Å². The van der Waals surface area contributed by atoms with E-state index in [0.717, 1.165) is 6.42 Å². The van der Waals surface area contributed by atoms with E-state index in [1.807, 2.05) is 6.07 Å². The summed E-state index contributed by atoms with van der Waals surface area (Å²) < 4.78 is 0. The van der Waals surface area contributed by atoms with E-state index in [1.54, 1.807) is 18.2 Å². The van der Waals surface area contributed by atoms with Crippen LogP contribution in [0, 0.1) is 23.2 Å². The molecule has 0 unspecified atom stereocenters. The van der Waals surface area contributed by atoms with Crippen molar-refractivity contribution in [2.45, 2.75) is 19.3 Å². The maximum Gasteiger partial charge on any atom is 0.249 e. The number of nitrogens with zero attached hydrogens (tertiary/aromatic N) is 1. The van der Waals surface area contributed by atoms with Gasteiger partial charge in [-0.3, -0.25) is 4.79 Å². The van der Waals surface area contributed by atoms with Crippen molar-refractivity contribution in [1.82, 2.24) is 0 Å². The van der Waals surface area contributed by atoms with E-state index < -0.39 is 5.91 Å². The number of primary amides is 1. The molecular formula is C13H12N2O. The first kappa shape index (κ1) is 11.8. The van der Waals surface area contributed by atoms with Crippen molar-refractivity contribution < 1.29 is 4.79 Å². The van der Waals surface area contributed by atoms with Gasteiger partial charge in [0, 0.05) is 18.4 Å². The second kappa shape index (κ2) is 6.27. The van der Waals surface area contributed by atoms with Crippen molar-refractivity contribution in [3.8, 4) is 17.9 Å². The summed E-state index contributed by atoms with van der Waals surface area (Å²) in [6.45, 7) is 0. The second-order valence-corrected chi connectivity index (χ2v) is 3.22. The number of hydrogen-bond donors (Lipinski definition) is 1. The Morgan fingerprint density at radius 2 is 2.06 bits per heavy atom. The van der Waals surface area contributed by atoms with E-state index in [2.05, 4.69) is 17.9 Å². The fourth-order valence-corrected chi connectivity index (χ4v) is 1.22. The Morgan fingerprint density at radius 1 is 1.31 bits per heavy atom. The molecule has 0 aliphatic rings. The molecule has 0 aliphatic carbocycles. The minimum absolute atomic E-state index is 0.440. The van der Waals surface area contributed by atoms with E-state index in [-0.39, 0.29) is 0 Å². The van der Waals surface area contributed by atoms with E-state index in [1.165, 1.54) is 0 Å². The van der Waals surface area contributed by atoms with Gasteiger partial charge in [-0.05, 0) is 18.6 Å². The molecule has 0 aliphatic heterocycles. The Kier molecular flexibility index (Phi) is 4.63. The monoisotopic (exact) mass is 212 g/mol. The average Bonchev–Trinajstić information content (AvgIpc) is 2.29. The van der Waals surface area contributed by atoms with Gasteiger partial charge >= 0.3 is 0 Å². The van der Waals surface area contributed by atoms with Crippen molar-refractivity contribution in [3.05, 3.63) is 35.4 Å². The van der Waals surface area contributed by atoms with Gasteiger partial charge in [-0.1, -0.05) is 24.0 Å². The Morgan fingerprint density at radius 3 is 2.75 bits per heavy atom. The minimum Gasteiger partial charge on any atom is -0.366 e. The number of carbonyl (C=O) groups excluding carboxylic acids is 1. The van der Waals surface area contributed by atoms with Crippen LogP contribution in [0.3, 0.4) is 0 Å². The van der Waals surface area contributed by atoms with Crippen LogP contribution in [0.15, 0.2) is 24.3 Å². The predicted molar refractivity (Wildman–Crippen MR) is 61.3 cm³/mol. The van der Waals surface area contributed by atoms with Gasteiger partial charge in [0.1, 0.15) is 0 Å². The average molecular weight is 212 g/mol. The zero-order valence-electron chi connectivity index (χ0n) is 8.86. The third kappa shape index (κ3) is 3.48. The Labute approximate surface area is 94.9 Å². The molecule has 0 saturated heterocycles. The zero-order valence-corrected chi connectivity index (χ0v) is 8.86. The largest absolute Gasteiger partial charge is 0.366 e. The molecule has 0 fully saturated rings. The van der Waals surface area contributed by atoms with E-state index >= 15 is 0 Å². The standard InChI is InChI=1S/C13H12N2O/c14-10-6-2-1-3-7-11-8-4-5-9-12(11)13(15)16/h4-5,8-9H,1-2,6H2,(H2,15,16). The topological polar surface area (TPSA) is 66.9 Å². The number of unbranched alkanes of at least 4 members (excludes halogenated alkanes) is 2.